The molecule has 1 rings (SSSR count). The monoisotopic (exact) mass is 265 g/mol. The molecule has 6 heteroatoms. The minimum atomic E-state index is -0.593. The fraction of sp³-hybridized carbons (Fsp3) is 0.385. The third-order valence-electron chi connectivity index (χ3n) is 2.41. The molecule has 0 aliphatic heterocycles. The highest BCUT2D eigenvalue weighted by atomic mass is 16.5. The van der Waals surface area contributed by atoms with Crippen LogP contribution in [-0.4, -0.2) is 31.2 Å². The molecule has 19 heavy (non-hydrogen) atoms. The lowest BCUT2D eigenvalue weighted by Crippen LogP contribution is -2.34. The molecular formula is C13H19N3O3. The molecule has 0 aliphatic carbocycles. The van der Waals surface area contributed by atoms with Crippen molar-refractivity contribution in [1.82, 2.24) is 5.32 Å². The molecule has 0 aliphatic rings. The van der Waals surface area contributed by atoms with E-state index >= 15 is 0 Å². The Kier molecular flexibility index (Phi) is 6.38. The van der Waals surface area contributed by atoms with Crippen LogP contribution in [0.25, 0.3) is 0 Å². The molecule has 104 valence electrons. The van der Waals surface area contributed by atoms with Gasteiger partial charge in [0.1, 0.15) is 6.61 Å². The first-order valence-electron chi connectivity index (χ1n) is 6.06. The number of nitrogens with one attached hydrogen (secondary N) is 1. The van der Waals surface area contributed by atoms with E-state index in [1.165, 1.54) is 0 Å². The molecule has 0 bridgehead atoms. The van der Waals surface area contributed by atoms with Gasteiger partial charge in [0.05, 0.1) is 0 Å². The first-order chi connectivity index (χ1) is 9.08. The van der Waals surface area contributed by atoms with Crippen LogP contribution in [0.1, 0.15) is 12.0 Å². The van der Waals surface area contributed by atoms with Crippen LogP contribution in [0.4, 0.5) is 4.79 Å². The molecule has 6 nitrogen and oxygen atoms in total. The molecule has 0 saturated heterocycles. The normalized spacial score (nSPS) is 11.6. The van der Waals surface area contributed by atoms with Crippen LogP contribution in [0.3, 0.4) is 0 Å². The Balaban J connectivity index is 2.17. The van der Waals surface area contributed by atoms with Gasteiger partial charge in [-0.25, -0.2) is 4.79 Å². The summed E-state index contributed by atoms with van der Waals surface area (Å²) in [6, 6.07) is 9.46. The maximum Gasteiger partial charge on any atom is 0.407 e. The number of hydrogen-bond acceptors (Lipinski definition) is 4. The number of alkyl carbamates (subject to hydrolysis) is 1. The summed E-state index contributed by atoms with van der Waals surface area (Å²) >= 11 is 0. The van der Waals surface area contributed by atoms with Crippen LogP contribution in [-0.2, 0) is 16.0 Å². The third-order valence-corrected chi connectivity index (χ3v) is 2.41. The van der Waals surface area contributed by atoms with Gasteiger partial charge in [-0.2, -0.15) is 0 Å². The van der Waals surface area contributed by atoms with Crippen molar-refractivity contribution < 1.29 is 14.3 Å². The van der Waals surface area contributed by atoms with Gasteiger partial charge >= 0.3 is 6.09 Å². The molecule has 0 heterocycles. The molecule has 1 unspecified atom stereocenters. The van der Waals surface area contributed by atoms with Crippen LogP contribution in [0.15, 0.2) is 30.3 Å². The number of benzene rings is 1. The van der Waals surface area contributed by atoms with Crippen molar-refractivity contribution in [2.45, 2.75) is 18.9 Å². The van der Waals surface area contributed by atoms with E-state index in [0.717, 1.165) is 5.56 Å². The fourth-order valence-corrected chi connectivity index (χ4v) is 1.50. The summed E-state index contributed by atoms with van der Waals surface area (Å²) in [5.74, 6) is -0.471. The average molecular weight is 265 g/mol. The van der Waals surface area contributed by atoms with E-state index in [0.29, 0.717) is 6.42 Å². The molecule has 0 aromatic heterocycles. The minimum Gasteiger partial charge on any atom is -0.448 e. The maximum atomic E-state index is 11.2. The zero-order valence-electron chi connectivity index (χ0n) is 10.7. The van der Waals surface area contributed by atoms with Crippen molar-refractivity contribution in [2.75, 3.05) is 13.2 Å². The van der Waals surface area contributed by atoms with E-state index in [1.54, 1.807) is 0 Å². The molecule has 1 aromatic rings. The minimum absolute atomic E-state index is 0.0885. The van der Waals surface area contributed by atoms with E-state index in [1.807, 2.05) is 30.3 Å². The van der Waals surface area contributed by atoms with Crippen molar-refractivity contribution in [3.8, 4) is 0 Å². The van der Waals surface area contributed by atoms with Gasteiger partial charge < -0.3 is 21.5 Å². The Morgan fingerprint density at radius 2 is 1.95 bits per heavy atom. The fourth-order valence-electron chi connectivity index (χ4n) is 1.50. The topological polar surface area (TPSA) is 107 Å². The summed E-state index contributed by atoms with van der Waals surface area (Å²) in [7, 11) is 0. The second-order valence-electron chi connectivity index (χ2n) is 4.19. The summed E-state index contributed by atoms with van der Waals surface area (Å²) in [4.78, 5) is 21.7. The largest absolute Gasteiger partial charge is 0.448 e. The predicted octanol–water partition coefficient (Wildman–Crippen LogP) is 0.158. The van der Waals surface area contributed by atoms with Gasteiger partial charge in [-0.1, -0.05) is 30.3 Å². The van der Waals surface area contributed by atoms with Gasteiger partial charge in [0, 0.05) is 19.0 Å². The van der Waals surface area contributed by atoms with Gasteiger partial charge in [-0.05, 0) is 12.0 Å². The number of primary amides is 1. The van der Waals surface area contributed by atoms with E-state index < -0.39 is 12.0 Å². The lowest BCUT2D eigenvalue weighted by Gasteiger charge is -2.12. The highest BCUT2D eigenvalue weighted by Crippen LogP contribution is 2.02. The van der Waals surface area contributed by atoms with E-state index in [9.17, 15) is 9.59 Å². The summed E-state index contributed by atoms with van der Waals surface area (Å²) < 4.78 is 4.93. The summed E-state index contributed by atoms with van der Waals surface area (Å²) in [5.41, 5.74) is 11.9. The molecule has 5 N–H and O–H groups in total. The van der Waals surface area contributed by atoms with Crippen molar-refractivity contribution in [2.24, 2.45) is 11.5 Å². The third kappa shape index (κ3) is 7.05. The second-order valence-corrected chi connectivity index (χ2v) is 4.19. The summed E-state index contributed by atoms with van der Waals surface area (Å²) in [5, 5.41) is 2.42. The van der Waals surface area contributed by atoms with E-state index in [2.05, 4.69) is 5.32 Å². The number of hydrogen-bond donors (Lipinski definition) is 3. The van der Waals surface area contributed by atoms with E-state index in [4.69, 9.17) is 16.2 Å². The molecular weight excluding hydrogens is 246 g/mol. The Morgan fingerprint density at radius 1 is 1.26 bits per heavy atom. The Hall–Kier alpha value is -2.08. The first kappa shape index (κ1) is 15.0. The lowest BCUT2D eigenvalue weighted by molar-refractivity contribution is -0.117. The lowest BCUT2D eigenvalue weighted by atomic mass is 10.1. The number of ether oxygens (including phenoxy) is 1. The Morgan fingerprint density at radius 3 is 2.58 bits per heavy atom. The molecule has 0 saturated carbocycles. The van der Waals surface area contributed by atoms with Gasteiger partial charge in [0.25, 0.3) is 0 Å². The van der Waals surface area contributed by atoms with Crippen LogP contribution >= 0.6 is 0 Å². The number of nitrogens with two attached hydrogens (primary N) is 2. The van der Waals surface area contributed by atoms with Crippen LogP contribution < -0.4 is 16.8 Å². The number of carbonyl (C=O) groups excluding carboxylic acids is 2. The number of rotatable bonds is 7. The molecule has 1 atom stereocenters. The zero-order chi connectivity index (χ0) is 14.1. The van der Waals surface area contributed by atoms with Crippen LogP contribution in [0, 0.1) is 0 Å². The molecule has 0 fully saturated rings. The quantitative estimate of drug-likeness (QED) is 0.652. The first-order valence-corrected chi connectivity index (χ1v) is 6.06. The van der Waals surface area contributed by atoms with E-state index in [-0.39, 0.29) is 25.6 Å². The average Bonchev–Trinajstić information content (AvgIpc) is 2.37. The number of carbonyl (C=O) groups is 2. The van der Waals surface area contributed by atoms with Gasteiger partial charge in [0.15, 0.2) is 0 Å². The Bertz CT molecular complexity index is 409. The van der Waals surface area contributed by atoms with Crippen molar-refractivity contribution in [1.29, 1.82) is 0 Å². The Labute approximate surface area is 112 Å². The number of amides is 2. The molecule has 1 aromatic carbocycles. The highest BCUT2D eigenvalue weighted by molar-refractivity contribution is 5.75. The van der Waals surface area contributed by atoms with Crippen molar-refractivity contribution in [3.63, 3.8) is 0 Å². The molecule has 0 radical (unpaired) electrons. The van der Waals surface area contributed by atoms with Crippen molar-refractivity contribution >= 4 is 12.0 Å². The SMILES string of the molecule is NC(=O)CCNC(=O)OCC(N)Cc1ccccc1. The molecule has 0 spiro atoms. The smallest absolute Gasteiger partial charge is 0.407 e. The van der Waals surface area contributed by atoms with Gasteiger partial charge in [-0.15, -0.1) is 0 Å². The van der Waals surface area contributed by atoms with Crippen molar-refractivity contribution in [3.05, 3.63) is 35.9 Å². The highest BCUT2D eigenvalue weighted by Gasteiger charge is 2.08. The standard InChI is InChI=1S/C13H19N3O3/c14-11(8-10-4-2-1-3-5-10)9-19-13(18)16-7-6-12(15)17/h1-5,11H,6-9,14H2,(H2,15,17)(H,16,18). The zero-order valence-corrected chi connectivity index (χ0v) is 10.7. The summed E-state index contributed by atoms with van der Waals surface area (Å²) in [6.45, 7) is 0.291. The van der Waals surface area contributed by atoms with Gasteiger partial charge in [-0.3, -0.25) is 4.79 Å². The maximum absolute atomic E-state index is 11.2. The second kappa shape index (κ2) is 8.10. The molecule has 2 amide bonds. The van der Waals surface area contributed by atoms with Gasteiger partial charge in [0.2, 0.25) is 5.91 Å². The van der Waals surface area contributed by atoms with Crippen LogP contribution in [0.5, 0.6) is 0 Å². The van der Waals surface area contributed by atoms with Crippen LogP contribution in [0.2, 0.25) is 0 Å². The summed E-state index contributed by atoms with van der Waals surface area (Å²) in [6.07, 6.45) is 0.130. The predicted molar refractivity (Wildman–Crippen MR) is 71.3 cm³/mol.